The second kappa shape index (κ2) is 6.18. The van der Waals surface area contributed by atoms with Crippen LogP contribution in [-0.2, 0) is 19.1 Å². The van der Waals surface area contributed by atoms with Crippen LogP contribution in [0.4, 0.5) is 0 Å². The Morgan fingerprint density at radius 2 is 1.94 bits per heavy atom. The zero-order chi connectivity index (χ0) is 13.8. The average Bonchev–Trinajstić information content (AvgIpc) is 3.10. The second-order valence-electron chi connectivity index (χ2n) is 5.15. The molecule has 0 aromatic carbocycles. The van der Waals surface area contributed by atoms with E-state index in [0.717, 1.165) is 17.7 Å². The van der Waals surface area contributed by atoms with Gasteiger partial charge in [-0.15, -0.1) is 0 Å². The Bertz CT molecular complexity index is 314. The Morgan fingerprint density at radius 1 is 1.28 bits per heavy atom. The first-order valence-corrected chi connectivity index (χ1v) is 6.65. The van der Waals surface area contributed by atoms with Gasteiger partial charge in [0.15, 0.2) is 5.54 Å². The van der Waals surface area contributed by atoms with Crippen molar-refractivity contribution in [2.45, 2.75) is 52.1 Å². The van der Waals surface area contributed by atoms with Gasteiger partial charge in [-0.05, 0) is 13.3 Å². The molecule has 0 amide bonds. The van der Waals surface area contributed by atoms with Crippen LogP contribution in [0.3, 0.4) is 0 Å². The number of unbranched alkanes of at least 4 members (excludes halogenated alkanes) is 1. The van der Waals surface area contributed by atoms with Gasteiger partial charge in [-0.3, -0.25) is 4.90 Å². The number of hydrogen-bond donors (Lipinski definition) is 1. The van der Waals surface area contributed by atoms with Crippen LogP contribution in [0, 0.1) is 0 Å². The number of ether oxygens (including phenoxy) is 2. The topological polar surface area (TPSA) is 57.0 Å². The van der Waals surface area contributed by atoms with Gasteiger partial charge >= 0.3 is 11.9 Å². The van der Waals surface area contributed by atoms with Crippen LogP contribution in [0.5, 0.6) is 0 Å². The van der Waals surface area contributed by atoms with Gasteiger partial charge in [0.2, 0.25) is 6.04 Å². The van der Waals surface area contributed by atoms with Gasteiger partial charge in [0, 0.05) is 13.8 Å². The van der Waals surface area contributed by atoms with Gasteiger partial charge in [-0.1, -0.05) is 13.3 Å². The summed E-state index contributed by atoms with van der Waals surface area (Å²) in [6.45, 7) is 8.92. The molecule has 0 radical (unpaired) electrons. The van der Waals surface area contributed by atoms with Crippen molar-refractivity contribution in [3.63, 3.8) is 0 Å². The lowest BCUT2D eigenvalue weighted by Crippen LogP contribution is -3.06. The summed E-state index contributed by atoms with van der Waals surface area (Å²) in [5, 5.41) is 0. The minimum absolute atomic E-state index is 0.198. The molecule has 0 aromatic rings. The van der Waals surface area contributed by atoms with Crippen LogP contribution in [0.15, 0.2) is 0 Å². The summed E-state index contributed by atoms with van der Waals surface area (Å²) in [4.78, 5) is 24.4. The molecule has 0 bridgehead atoms. The minimum Gasteiger partial charge on any atom is -0.461 e. The molecule has 1 heterocycles. The first kappa shape index (κ1) is 15.0. The summed E-state index contributed by atoms with van der Waals surface area (Å²) in [6.07, 6.45) is 1.89. The van der Waals surface area contributed by atoms with E-state index < -0.39 is 5.54 Å². The van der Waals surface area contributed by atoms with Gasteiger partial charge < -0.3 is 9.47 Å². The van der Waals surface area contributed by atoms with E-state index >= 15 is 0 Å². The Hall–Kier alpha value is -1.10. The highest BCUT2D eigenvalue weighted by Gasteiger charge is 2.59. The number of hydrogen-bond acceptors (Lipinski definition) is 4. The molecule has 0 saturated carbocycles. The fourth-order valence-corrected chi connectivity index (χ4v) is 1.94. The molecular formula is C13H24NO4+. The summed E-state index contributed by atoms with van der Waals surface area (Å²) in [5.41, 5.74) is -0.676. The number of nitrogens with one attached hydrogen (secondary N) is 1. The highest BCUT2D eigenvalue weighted by Crippen LogP contribution is 2.08. The maximum absolute atomic E-state index is 11.8. The standard InChI is InChI=1S/C13H23NO4/c1-5-7-8-18-11(15)10-9-14(10)13(3,4)12(16)17-6-2/h10H,5-9H2,1-4H3/p+1/t10-,14?/m0/s1. The van der Waals surface area contributed by atoms with Crippen LogP contribution < -0.4 is 4.90 Å². The number of rotatable bonds is 7. The Labute approximate surface area is 108 Å². The van der Waals surface area contributed by atoms with Crippen molar-refractivity contribution in [2.24, 2.45) is 0 Å². The van der Waals surface area contributed by atoms with Crippen LogP contribution in [-0.4, -0.2) is 43.3 Å². The Kier molecular flexibility index (Phi) is 5.14. The maximum atomic E-state index is 11.8. The molecule has 0 aliphatic carbocycles. The molecule has 104 valence electrons. The van der Waals surface area contributed by atoms with Gasteiger partial charge in [0.05, 0.1) is 13.2 Å². The number of esters is 2. The van der Waals surface area contributed by atoms with Crippen molar-refractivity contribution in [1.29, 1.82) is 0 Å². The molecule has 0 spiro atoms. The van der Waals surface area contributed by atoms with E-state index in [0.29, 0.717) is 19.8 Å². The quantitative estimate of drug-likeness (QED) is 0.395. The Balaban J connectivity index is 2.43. The molecule has 5 nitrogen and oxygen atoms in total. The molecule has 1 saturated heterocycles. The molecule has 18 heavy (non-hydrogen) atoms. The predicted molar refractivity (Wildman–Crippen MR) is 66.2 cm³/mol. The molecule has 2 atom stereocenters. The van der Waals surface area contributed by atoms with E-state index in [1.165, 1.54) is 0 Å². The summed E-state index contributed by atoms with van der Waals surface area (Å²) in [7, 11) is 0. The normalized spacial score (nSPS) is 22.4. The highest BCUT2D eigenvalue weighted by atomic mass is 16.5. The highest BCUT2D eigenvalue weighted by molar-refractivity contribution is 5.81. The summed E-state index contributed by atoms with van der Waals surface area (Å²) in [5.74, 6) is -0.459. The number of carbonyl (C=O) groups excluding carboxylic acids is 2. The van der Waals surface area contributed by atoms with E-state index in [1.54, 1.807) is 20.8 Å². The molecule has 1 N–H and O–H groups in total. The average molecular weight is 258 g/mol. The minimum atomic E-state index is -0.676. The molecule has 1 rings (SSSR count). The molecule has 5 heteroatoms. The predicted octanol–water partition coefficient (Wildman–Crippen LogP) is -0.0615. The van der Waals surface area contributed by atoms with Gasteiger partial charge in [0.1, 0.15) is 6.54 Å². The first-order valence-electron chi connectivity index (χ1n) is 6.65. The van der Waals surface area contributed by atoms with Crippen molar-refractivity contribution in [1.82, 2.24) is 0 Å². The van der Waals surface area contributed by atoms with E-state index in [9.17, 15) is 9.59 Å². The third-order valence-electron chi connectivity index (χ3n) is 3.30. The lowest BCUT2D eigenvalue weighted by Gasteiger charge is -2.20. The molecule has 1 aliphatic rings. The largest absolute Gasteiger partial charge is 0.461 e. The van der Waals surface area contributed by atoms with Crippen molar-refractivity contribution in [3.05, 3.63) is 0 Å². The first-order chi connectivity index (χ1) is 8.45. The van der Waals surface area contributed by atoms with Crippen molar-refractivity contribution >= 4 is 11.9 Å². The molecule has 1 fully saturated rings. The van der Waals surface area contributed by atoms with Gasteiger partial charge in [0.25, 0.3) is 0 Å². The van der Waals surface area contributed by atoms with Crippen LogP contribution in [0.1, 0.15) is 40.5 Å². The van der Waals surface area contributed by atoms with Crippen LogP contribution >= 0.6 is 0 Å². The summed E-state index contributed by atoms with van der Waals surface area (Å²) < 4.78 is 10.2. The third-order valence-corrected chi connectivity index (χ3v) is 3.30. The number of quaternary nitrogens is 1. The molecular weight excluding hydrogens is 234 g/mol. The van der Waals surface area contributed by atoms with Crippen molar-refractivity contribution in [2.75, 3.05) is 19.8 Å². The SMILES string of the molecule is CCCCOC(=O)[C@@H]1C[NH+]1C(C)(C)C(=O)OCC. The van der Waals surface area contributed by atoms with Crippen molar-refractivity contribution < 1.29 is 24.0 Å². The molecule has 0 aromatic heterocycles. The Morgan fingerprint density at radius 3 is 2.50 bits per heavy atom. The van der Waals surface area contributed by atoms with Crippen molar-refractivity contribution in [3.8, 4) is 0 Å². The van der Waals surface area contributed by atoms with Crippen LogP contribution in [0.2, 0.25) is 0 Å². The fraction of sp³-hybridized carbons (Fsp3) is 0.846. The zero-order valence-electron chi connectivity index (χ0n) is 11.7. The summed E-state index contributed by atoms with van der Waals surface area (Å²) in [6, 6.07) is -0.207. The fourth-order valence-electron chi connectivity index (χ4n) is 1.94. The van der Waals surface area contributed by atoms with E-state index in [1.807, 2.05) is 6.92 Å². The van der Waals surface area contributed by atoms with E-state index in [4.69, 9.17) is 9.47 Å². The lowest BCUT2D eigenvalue weighted by atomic mass is 10.1. The second-order valence-corrected chi connectivity index (χ2v) is 5.15. The van der Waals surface area contributed by atoms with Crippen LogP contribution in [0.25, 0.3) is 0 Å². The molecule has 1 aliphatic heterocycles. The smallest absolute Gasteiger partial charge is 0.371 e. The van der Waals surface area contributed by atoms with Gasteiger partial charge in [-0.2, -0.15) is 0 Å². The third kappa shape index (κ3) is 3.45. The van der Waals surface area contributed by atoms with E-state index in [2.05, 4.69) is 0 Å². The number of carbonyl (C=O) groups is 2. The monoisotopic (exact) mass is 258 g/mol. The lowest BCUT2D eigenvalue weighted by molar-refractivity contribution is -0.816. The van der Waals surface area contributed by atoms with E-state index in [-0.39, 0.29) is 18.0 Å². The van der Waals surface area contributed by atoms with Gasteiger partial charge in [-0.25, -0.2) is 9.59 Å². The molecule has 1 unspecified atom stereocenters. The maximum Gasteiger partial charge on any atom is 0.371 e. The summed E-state index contributed by atoms with van der Waals surface area (Å²) >= 11 is 0. The zero-order valence-corrected chi connectivity index (χ0v) is 11.7.